The van der Waals surface area contributed by atoms with Crippen LogP contribution in [0.4, 0.5) is 16.6 Å². The average molecular weight is 750 g/mol. The van der Waals surface area contributed by atoms with Gasteiger partial charge in [-0.2, -0.15) is 4.98 Å². The van der Waals surface area contributed by atoms with Crippen LogP contribution in [-0.4, -0.2) is 96.9 Å². The smallest absolute Gasteiger partial charge is 0.495 e. The van der Waals surface area contributed by atoms with E-state index in [-0.39, 0.29) is 50.1 Å². The maximum atomic E-state index is 13.3. The van der Waals surface area contributed by atoms with Crippen molar-refractivity contribution in [1.82, 2.24) is 15.3 Å². The first-order chi connectivity index (χ1) is 25.0. The fourth-order valence-electron chi connectivity index (χ4n) is 4.91. The first kappa shape index (κ1) is 40.6. The van der Waals surface area contributed by atoms with Crippen LogP contribution in [0.3, 0.4) is 0 Å². The third kappa shape index (κ3) is 13.5. The van der Waals surface area contributed by atoms with E-state index in [0.717, 1.165) is 12.0 Å². The first-order valence-corrected chi connectivity index (χ1v) is 16.4. The van der Waals surface area contributed by atoms with Gasteiger partial charge < -0.3 is 39.4 Å². The molecule has 1 amide bonds. The summed E-state index contributed by atoms with van der Waals surface area (Å²) in [7, 11) is 1.52. The van der Waals surface area contributed by atoms with Crippen molar-refractivity contribution in [2.45, 2.75) is 57.7 Å². The van der Waals surface area contributed by atoms with Crippen molar-refractivity contribution >= 4 is 48.0 Å². The molecule has 21 heteroatoms. The Hall–Kier alpha value is -5.79. The fraction of sp³-hybridized carbons (Fsp3) is 0.484. The minimum absolute atomic E-state index is 0.0129. The number of carbonyl (C=O) groups excluding carboxylic acids is 2. The van der Waals surface area contributed by atoms with Gasteiger partial charge >= 0.3 is 6.16 Å². The Balaban J connectivity index is 1.63. The summed E-state index contributed by atoms with van der Waals surface area (Å²) in [6, 6.07) is 5.00. The normalized spacial score (nSPS) is 14.7. The van der Waals surface area contributed by atoms with E-state index in [2.05, 4.69) is 47.0 Å². The quantitative estimate of drug-likeness (QED) is 0.0454. The lowest BCUT2D eigenvalue weighted by Gasteiger charge is -2.25. The molecular formula is C31H40ClN9O11. The molecule has 1 aromatic heterocycles. The molecule has 20 nitrogen and oxygen atoms in total. The van der Waals surface area contributed by atoms with Gasteiger partial charge in [0.2, 0.25) is 5.95 Å². The van der Waals surface area contributed by atoms with Crippen LogP contribution in [0.5, 0.6) is 5.75 Å². The van der Waals surface area contributed by atoms with Crippen LogP contribution in [0.25, 0.3) is 0 Å². The number of amidine groups is 1. The Morgan fingerprint density at radius 2 is 2.04 bits per heavy atom. The second-order valence-electron chi connectivity index (χ2n) is 11.0. The van der Waals surface area contributed by atoms with Crippen molar-refractivity contribution in [2.75, 3.05) is 50.2 Å². The highest BCUT2D eigenvalue weighted by molar-refractivity contribution is 6.32. The van der Waals surface area contributed by atoms with Crippen molar-refractivity contribution in [2.24, 2.45) is 9.98 Å². The van der Waals surface area contributed by atoms with Gasteiger partial charge in [0.25, 0.3) is 16.1 Å². The molecule has 2 heterocycles. The molecule has 0 radical (unpaired) electrons. The Morgan fingerprint density at radius 1 is 1.23 bits per heavy atom. The first-order valence-electron chi connectivity index (χ1n) is 16.0. The number of halogens is 1. The molecule has 1 aromatic carbocycles. The molecule has 2 N–H and O–H groups in total. The zero-order valence-corrected chi connectivity index (χ0v) is 29.4. The summed E-state index contributed by atoms with van der Waals surface area (Å²) in [6.07, 6.45) is 4.68. The lowest BCUT2D eigenvalue weighted by atomic mass is 10.2. The van der Waals surface area contributed by atoms with E-state index < -0.39 is 34.9 Å². The maximum Gasteiger partial charge on any atom is 0.508 e. The van der Waals surface area contributed by atoms with Gasteiger partial charge in [0, 0.05) is 25.5 Å². The van der Waals surface area contributed by atoms with E-state index in [4.69, 9.17) is 25.8 Å². The summed E-state index contributed by atoms with van der Waals surface area (Å²) >= 11 is 6.31. The molecule has 0 spiro atoms. The van der Waals surface area contributed by atoms with Gasteiger partial charge in [-0.05, 0) is 63.4 Å². The summed E-state index contributed by atoms with van der Waals surface area (Å²) in [5.74, 6) is 0.898. The predicted molar refractivity (Wildman–Crippen MR) is 188 cm³/mol. The molecule has 0 bridgehead atoms. The van der Waals surface area contributed by atoms with E-state index >= 15 is 0 Å². The Kier molecular flexibility index (Phi) is 16.7. The van der Waals surface area contributed by atoms with Crippen molar-refractivity contribution in [1.29, 1.82) is 0 Å². The number of allylic oxidation sites excluding steroid dienone is 1. The zero-order valence-electron chi connectivity index (χ0n) is 28.6. The molecular weight excluding hydrogens is 710 g/mol. The lowest BCUT2D eigenvalue weighted by Crippen LogP contribution is -2.36. The second-order valence-corrected chi connectivity index (χ2v) is 11.4. The third-order valence-corrected chi connectivity index (χ3v) is 7.72. The van der Waals surface area contributed by atoms with Crippen LogP contribution in [0, 0.1) is 20.2 Å². The molecule has 0 aliphatic carbocycles. The number of rotatable bonds is 21. The Morgan fingerprint density at radius 3 is 2.73 bits per heavy atom. The summed E-state index contributed by atoms with van der Waals surface area (Å²) in [6.45, 7) is 5.43. The van der Waals surface area contributed by atoms with Gasteiger partial charge in [-0.1, -0.05) is 23.7 Å². The number of anilines is 2. The largest absolute Gasteiger partial charge is 0.508 e. The van der Waals surface area contributed by atoms with E-state index in [0.29, 0.717) is 48.4 Å². The average Bonchev–Trinajstić information content (AvgIpc) is 3.60. The minimum Gasteiger partial charge on any atom is -0.495 e. The van der Waals surface area contributed by atoms with Crippen LogP contribution in [0.15, 0.2) is 46.7 Å². The van der Waals surface area contributed by atoms with Gasteiger partial charge in [-0.25, -0.2) is 19.8 Å². The monoisotopic (exact) mass is 749 g/mol. The molecule has 0 saturated carbocycles. The third-order valence-electron chi connectivity index (χ3n) is 7.43. The molecule has 1 fully saturated rings. The van der Waals surface area contributed by atoms with Crippen LogP contribution in [0.1, 0.15) is 54.9 Å². The Labute approximate surface area is 303 Å². The number of benzene rings is 1. The predicted octanol–water partition coefficient (Wildman–Crippen LogP) is 4.19. The van der Waals surface area contributed by atoms with Gasteiger partial charge in [-0.15, -0.1) is 20.2 Å². The minimum atomic E-state index is -1.15. The number of aliphatic imine (C=N–C) groups is 2. The number of nitrogens with one attached hydrogen (secondary N) is 2. The number of unbranched alkanes of at least 4 members (excludes halogenated alkanes) is 1. The van der Waals surface area contributed by atoms with E-state index in [1.165, 1.54) is 19.5 Å². The van der Waals surface area contributed by atoms with Crippen LogP contribution < -0.4 is 20.3 Å². The fourth-order valence-corrected chi connectivity index (χ4v) is 5.20. The molecule has 282 valence electrons. The highest BCUT2D eigenvalue weighted by atomic mass is 35.5. The highest BCUT2D eigenvalue weighted by Gasteiger charge is 2.29. The SMILES string of the molecule is C=NC(CNC(=O)c1cnc(N2CCC[C@H]2COC(=O)OCCCCC(CO[N+](=O)[O-])O[N+](=O)[O-])nc1NCc1ccc(OC)c(Cl)c1)=N/C=C\C. The zero-order chi connectivity index (χ0) is 37.9. The summed E-state index contributed by atoms with van der Waals surface area (Å²) in [5.41, 5.74) is 0.962. The molecule has 1 aliphatic rings. The molecule has 3 rings (SSSR count). The number of aromatic nitrogens is 2. The lowest BCUT2D eigenvalue weighted by molar-refractivity contribution is -0.790. The van der Waals surface area contributed by atoms with Crippen LogP contribution in [-0.2, 0) is 25.7 Å². The van der Waals surface area contributed by atoms with Crippen LogP contribution in [0.2, 0.25) is 5.02 Å². The van der Waals surface area contributed by atoms with Crippen LogP contribution >= 0.6 is 11.6 Å². The van der Waals surface area contributed by atoms with Gasteiger partial charge in [0.1, 0.15) is 42.3 Å². The van der Waals surface area contributed by atoms with E-state index in [1.54, 1.807) is 25.1 Å². The van der Waals surface area contributed by atoms with E-state index in [9.17, 15) is 29.8 Å². The maximum absolute atomic E-state index is 13.3. The summed E-state index contributed by atoms with van der Waals surface area (Å²) in [5, 5.41) is 25.2. The molecule has 1 aliphatic heterocycles. The number of methoxy groups -OCH3 is 1. The number of hydrogen-bond acceptors (Lipinski definition) is 16. The van der Waals surface area contributed by atoms with Crippen molar-refractivity contribution < 1.29 is 43.6 Å². The topological polar surface area (TPSA) is 244 Å². The standard InChI is InChI=1S/C31H40ClN9O11/c1-4-12-34-27(33-2)18-36-29(42)24-17-37-30(38-28(24)35-16-21-10-11-26(48-3)25(32)15-21)39-13-7-8-22(39)19-50-31(43)49-14-6-5-9-23(52-41(46)47)20-51-40(44)45/h4,10-12,15,17,22-23H,2,5-9,13-14,16,18-20H2,1,3H3,(H,36,42)(H,35,37,38)/b12-4-,34-27?/t22-,23?/m0/s1. The van der Waals surface area contributed by atoms with Crippen molar-refractivity contribution in [3.8, 4) is 5.75 Å². The molecule has 1 unspecified atom stereocenters. The van der Waals surface area contributed by atoms with Gasteiger partial charge in [0.05, 0.1) is 31.3 Å². The Bertz CT molecular complexity index is 1610. The number of hydrogen-bond donors (Lipinski definition) is 2. The number of amides is 1. The number of carbonyl (C=O) groups is 2. The number of ether oxygens (including phenoxy) is 3. The van der Waals surface area contributed by atoms with E-state index in [1.807, 2.05) is 11.0 Å². The highest BCUT2D eigenvalue weighted by Crippen LogP contribution is 2.27. The molecule has 2 aromatic rings. The number of nitrogens with zero attached hydrogens (tertiary/aromatic N) is 7. The summed E-state index contributed by atoms with van der Waals surface area (Å²) < 4.78 is 15.7. The molecule has 52 heavy (non-hydrogen) atoms. The van der Waals surface area contributed by atoms with Crippen molar-refractivity contribution in [3.63, 3.8) is 0 Å². The van der Waals surface area contributed by atoms with Gasteiger partial charge in [-0.3, -0.25) is 4.79 Å². The van der Waals surface area contributed by atoms with Crippen molar-refractivity contribution in [3.05, 3.63) is 73.1 Å². The second kappa shape index (κ2) is 21.4. The van der Waals surface area contributed by atoms with Gasteiger partial charge in [0.15, 0.2) is 0 Å². The summed E-state index contributed by atoms with van der Waals surface area (Å²) in [4.78, 5) is 74.1. The molecule has 1 saturated heterocycles. The molecule has 2 atom stereocenters.